The highest BCUT2D eigenvalue weighted by atomic mass is 16.2. The Morgan fingerprint density at radius 3 is 2.90 bits per heavy atom. The van der Waals surface area contributed by atoms with Crippen molar-refractivity contribution in [2.45, 2.75) is 51.6 Å². The summed E-state index contributed by atoms with van der Waals surface area (Å²) in [6.45, 7) is 2.57. The summed E-state index contributed by atoms with van der Waals surface area (Å²) in [6, 6.07) is 0.195. The third-order valence-corrected chi connectivity index (χ3v) is 3.59. The van der Waals surface area contributed by atoms with Crippen LogP contribution in [0.1, 0.15) is 39.0 Å². The van der Waals surface area contributed by atoms with Crippen LogP contribution in [-0.2, 0) is 6.54 Å². The highest BCUT2D eigenvalue weighted by molar-refractivity contribution is 5.61. The van der Waals surface area contributed by atoms with Gasteiger partial charge >= 0.3 is 5.69 Å². The van der Waals surface area contributed by atoms with E-state index >= 15 is 0 Å². The molecule has 1 aliphatic carbocycles. The van der Waals surface area contributed by atoms with Crippen molar-refractivity contribution in [1.82, 2.24) is 9.55 Å². The molecule has 1 aromatic heterocycles. The van der Waals surface area contributed by atoms with E-state index in [-0.39, 0.29) is 11.9 Å². The highest BCUT2D eigenvalue weighted by Crippen LogP contribution is 2.18. The van der Waals surface area contributed by atoms with Crippen LogP contribution in [0.5, 0.6) is 0 Å². The number of nitrogens with one attached hydrogen (secondary N) is 2. The number of hydrogen-bond acceptors (Lipinski definition) is 4. The lowest BCUT2D eigenvalue weighted by Gasteiger charge is -2.22. The zero-order valence-electron chi connectivity index (χ0n) is 11.8. The number of rotatable bonds is 5. The number of nitrogens with zero attached hydrogens (tertiary/aromatic N) is 1. The van der Waals surface area contributed by atoms with Gasteiger partial charge in [0.2, 0.25) is 0 Å². The predicted octanol–water partition coefficient (Wildman–Crippen LogP) is 1.44. The van der Waals surface area contributed by atoms with Crippen molar-refractivity contribution in [2.75, 3.05) is 11.1 Å². The van der Waals surface area contributed by atoms with E-state index in [0.29, 0.717) is 12.2 Å². The zero-order valence-corrected chi connectivity index (χ0v) is 11.8. The molecule has 2 rings (SSSR count). The van der Waals surface area contributed by atoms with Crippen molar-refractivity contribution in [1.29, 1.82) is 0 Å². The number of allylic oxidation sites excluding steroid dienone is 1. The molecule has 0 bridgehead atoms. The van der Waals surface area contributed by atoms with Crippen LogP contribution in [0, 0.1) is 0 Å². The minimum atomic E-state index is -0.435. The first-order valence-electron chi connectivity index (χ1n) is 7.17. The van der Waals surface area contributed by atoms with E-state index in [4.69, 9.17) is 5.73 Å². The molecule has 0 spiro atoms. The fraction of sp³-hybridized carbons (Fsp3) is 0.571. The number of nitrogen functional groups attached to an aromatic ring is 1. The molecule has 1 unspecified atom stereocenters. The molecule has 0 saturated carbocycles. The number of aromatic amines is 1. The molecular weight excluding hydrogens is 256 g/mol. The van der Waals surface area contributed by atoms with E-state index in [0.717, 1.165) is 32.1 Å². The molecule has 0 aliphatic heterocycles. The topological polar surface area (TPSA) is 92.9 Å². The first kappa shape index (κ1) is 14.4. The SMILES string of the molecule is CCCCn1c(N)c(NC2CC=CCC2)c(=O)[nH]c1=O. The van der Waals surface area contributed by atoms with Crippen LogP contribution in [0.15, 0.2) is 21.7 Å². The molecule has 20 heavy (non-hydrogen) atoms. The molecule has 0 fully saturated rings. The van der Waals surface area contributed by atoms with Gasteiger partial charge in [-0.05, 0) is 25.7 Å². The van der Waals surface area contributed by atoms with Gasteiger partial charge in [0.1, 0.15) is 11.5 Å². The second kappa shape index (κ2) is 6.45. The Labute approximate surface area is 117 Å². The summed E-state index contributed by atoms with van der Waals surface area (Å²) in [5.41, 5.74) is 5.46. The van der Waals surface area contributed by atoms with Crippen molar-refractivity contribution in [3.63, 3.8) is 0 Å². The Morgan fingerprint density at radius 1 is 1.45 bits per heavy atom. The Morgan fingerprint density at radius 2 is 2.25 bits per heavy atom. The van der Waals surface area contributed by atoms with E-state index in [1.165, 1.54) is 4.57 Å². The lowest BCUT2D eigenvalue weighted by atomic mass is 10.0. The minimum Gasteiger partial charge on any atom is -0.383 e. The van der Waals surface area contributed by atoms with Crippen molar-refractivity contribution in [3.05, 3.63) is 33.0 Å². The van der Waals surface area contributed by atoms with Gasteiger partial charge in [-0.2, -0.15) is 0 Å². The maximum absolute atomic E-state index is 11.9. The van der Waals surface area contributed by atoms with Gasteiger partial charge in [-0.3, -0.25) is 14.3 Å². The van der Waals surface area contributed by atoms with Crippen LogP contribution < -0.4 is 22.3 Å². The van der Waals surface area contributed by atoms with Crippen LogP contribution in [0.3, 0.4) is 0 Å². The summed E-state index contributed by atoms with van der Waals surface area (Å²) < 4.78 is 1.44. The molecule has 1 aliphatic rings. The van der Waals surface area contributed by atoms with Crippen LogP contribution in [0.2, 0.25) is 0 Å². The monoisotopic (exact) mass is 278 g/mol. The lowest BCUT2D eigenvalue weighted by molar-refractivity contribution is 0.601. The first-order valence-corrected chi connectivity index (χ1v) is 7.17. The summed E-state index contributed by atoms with van der Waals surface area (Å²) in [5.74, 6) is 0.238. The Kier molecular flexibility index (Phi) is 4.65. The maximum atomic E-state index is 11.9. The fourth-order valence-electron chi connectivity index (χ4n) is 2.39. The van der Waals surface area contributed by atoms with Crippen molar-refractivity contribution in [2.24, 2.45) is 0 Å². The number of unbranched alkanes of at least 4 members (excludes halogenated alkanes) is 1. The van der Waals surface area contributed by atoms with E-state index < -0.39 is 11.2 Å². The average Bonchev–Trinajstić information content (AvgIpc) is 2.44. The van der Waals surface area contributed by atoms with Crippen molar-refractivity contribution in [3.8, 4) is 0 Å². The number of hydrogen-bond donors (Lipinski definition) is 3. The fourth-order valence-corrected chi connectivity index (χ4v) is 2.39. The normalized spacial score (nSPS) is 18.1. The van der Waals surface area contributed by atoms with Gasteiger partial charge in [-0.15, -0.1) is 0 Å². The summed E-state index contributed by atoms with van der Waals surface area (Å²) in [4.78, 5) is 26.1. The van der Waals surface area contributed by atoms with E-state index in [2.05, 4.69) is 22.5 Å². The Balaban J connectivity index is 2.29. The number of aromatic nitrogens is 2. The second-order valence-corrected chi connectivity index (χ2v) is 5.15. The van der Waals surface area contributed by atoms with Gasteiger partial charge in [0.05, 0.1) is 0 Å². The third-order valence-electron chi connectivity index (χ3n) is 3.59. The standard InChI is InChI=1S/C14H22N4O2/c1-2-3-9-18-12(15)11(13(19)17-14(18)20)16-10-7-5-4-6-8-10/h4-5,10,16H,2-3,6-9,15H2,1H3,(H,17,19,20). The van der Waals surface area contributed by atoms with Gasteiger partial charge < -0.3 is 11.1 Å². The molecule has 1 heterocycles. The Hall–Kier alpha value is -1.98. The van der Waals surface area contributed by atoms with Gasteiger partial charge in [0, 0.05) is 12.6 Å². The number of H-pyrrole nitrogens is 1. The van der Waals surface area contributed by atoms with Crippen molar-refractivity contribution < 1.29 is 0 Å². The van der Waals surface area contributed by atoms with Crippen LogP contribution in [0.25, 0.3) is 0 Å². The Bertz CT molecular complexity index is 600. The molecule has 110 valence electrons. The van der Waals surface area contributed by atoms with Gasteiger partial charge in [0.15, 0.2) is 0 Å². The van der Waals surface area contributed by atoms with Crippen LogP contribution in [0.4, 0.5) is 11.5 Å². The smallest absolute Gasteiger partial charge is 0.330 e. The third kappa shape index (κ3) is 3.12. The van der Waals surface area contributed by atoms with E-state index in [9.17, 15) is 9.59 Å². The maximum Gasteiger partial charge on any atom is 0.330 e. The summed E-state index contributed by atoms with van der Waals surface area (Å²) in [7, 11) is 0. The number of nitrogens with two attached hydrogens (primary N) is 1. The van der Waals surface area contributed by atoms with Crippen LogP contribution in [-0.4, -0.2) is 15.6 Å². The summed E-state index contributed by atoms with van der Waals surface area (Å²) >= 11 is 0. The molecule has 0 radical (unpaired) electrons. The minimum absolute atomic E-state index is 0.195. The molecule has 0 aromatic carbocycles. The molecule has 1 atom stereocenters. The van der Waals surface area contributed by atoms with Gasteiger partial charge in [-0.25, -0.2) is 4.79 Å². The molecule has 0 amide bonds. The highest BCUT2D eigenvalue weighted by Gasteiger charge is 2.16. The average molecular weight is 278 g/mol. The molecule has 4 N–H and O–H groups in total. The number of anilines is 2. The quantitative estimate of drug-likeness (QED) is 0.710. The molecule has 6 nitrogen and oxygen atoms in total. The van der Waals surface area contributed by atoms with Crippen LogP contribution >= 0.6 is 0 Å². The molecule has 0 saturated heterocycles. The molecular formula is C14H22N4O2. The van der Waals surface area contributed by atoms with E-state index in [1.54, 1.807) is 0 Å². The first-order chi connectivity index (χ1) is 9.63. The summed E-state index contributed by atoms with van der Waals surface area (Å²) in [6.07, 6.45) is 8.86. The lowest BCUT2D eigenvalue weighted by Crippen LogP contribution is -2.36. The molecule has 6 heteroatoms. The zero-order chi connectivity index (χ0) is 14.5. The van der Waals surface area contributed by atoms with Gasteiger partial charge in [0.25, 0.3) is 5.56 Å². The van der Waals surface area contributed by atoms with E-state index in [1.807, 2.05) is 6.92 Å². The predicted molar refractivity (Wildman–Crippen MR) is 81.0 cm³/mol. The molecule has 1 aromatic rings. The second-order valence-electron chi connectivity index (χ2n) is 5.15. The largest absolute Gasteiger partial charge is 0.383 e. The summed E-state index contributed by atoms with van der Waals surface area (Å²) in [5, 5.41) is 3.18. The van der Waals surface area contributed by atoms with Gasteiger partial charge in [-0.1, -0.05) is 25.5 Å². The van der Waals surface area contributed by atoms with Crippen molar-refractivity contribution >= 4 is 11.5 Å².